The van der Waals surface area contributed by atoms with Gasteiger partial charge in [-0.05, 0) is 37.1 Å². The second kappa shape index (κ2) is 10.2. The molecule has 2 N–H and O–H groups in total. The molecular weight excluding hydrogens is 369 g/mol. The molecule has 0 radical (unpaired) electrons. The van der Waals surface area contributed by atoms with E-state index in [4.69, 9.17) is 0 Å². The van der Waals surface area contributed by atoms with Gasteiger partial charge in [-0.1, -0.05) is 19.1 Å². The van der Waals surface area contributed by atoms with Crippen molar-refractivity contribution in [3.8, 4) is 5.75 Å². The number of hydrogen-bond donors (Lipinski definition) is 2. The number of benzene rings is 1. The van der Waals surface area contributed by atoms with Gasteiger partial charge in [-0.15, -0.1) is 13.2 Å². The molecule has 0 saturated carbocycles. The van der Waals surface area contributed by atoms with Crippen LogP contribution < -0.4 is 15.4 Å². The minimum absolute atomic E-state index is 0.115. The predicted octanol–water partition coefficient (Wildman–Crippen LogP) is 2.77. The van der Waals surface area contributed by atoms with Crippen LogP contribution in [0.5, 0.6) is 5.75 Å². The van der Waals surface area contributed by atoms with Crippen LogP contribution in [-0.4, -0.2) is 36.9 Å². The van der Waals surface area contributed by atoms with E-state index in [9.17, 15) is 27.6 Å². The van der Waals surface area contributed by atoms with Crippen molar-refractivity contribution in [2.24, 2.45) is 0 Å². The zero-order chi connectivity index (χ0) is 20.4. The maximum Gasteiger partial charge on any atom is 0.573 e. The van der Waals surface area contributed by atoms with E-state index >= 15 is 0 Å². The Kier molecular flexibility index (Phi) is 8.31. The normalized spacial score (nSPS) is 12.3. The summed E-state index contributed by atoms with van der Waals surface area (Å²) in [5.74, 6) is -2.05. The highest BCUT2D eigenvalue weighted by atomic mass is 19.4. The van der Waals surface area contributed by atoms with Crippen molar-refractivity contribution >= 4 is 24.0 Å². The van der Waals surface area contributed by atoms with Gasteiger partial charge in [-0.3, -0.25) is 10.1 Å². The average molecular weight is 388 g/mol. The van der Waals surface area contributed by atoms with Crippen molar-refractivity contribution in [2.75, 3.05) is 6.61 Å². The maximum absolute atomic E-state index is 12.1. The molecule has 1 rings (SSSR count). The minimum atomic E-state index is -4.78. The molecule has 1 aromatic carbocycles. The van der Waals surface area contributed by atoms with Gasteiger partial charge in [0.15, 0.2) is 6.61 Å². The molecule has 1 aromatic rings. The van der Waals surface area contributed by atoms with E-state index in [1.165, 1.54) is 18.2 Å². The highest BCUT2D eigenvalue weighted by Gasteiger charge is 2.30. The van der Waals surface area contributed by atoms with E-state index in [2.05, 4.69) is 14.8 Å². The number of nitrogens with one attached hydrogen (secondary N) is 2. The number of carbonyl (C=O) groups excluding carboxylic acids is 3. The summed E-state index contributed by atoms with van der Waals surface area (Å²) >= 11 is 0. The molecule has 0 aromatic heterocycles. The molecule has 0 unspecified atom stereocenters. The monoisotopic (exact) mass is 388 g/mol. The molecule has 0 aliphatic carbocycles. The van der Waals surface area contributed by atoms with Gasteiger partial charge in [-0.25, -0.2) is 9.59 Å². The Hall–Kier alpha value is -3.04. The van der Waals surface area contributed by atoms with E-state index in [0.717, 1.165) is 18.2 Å². The van der Waals surface area contributed by atoms with Gasteiger partial charge in [0.05, 0.1) is 0 Å². The van der Waals surface area contributed by atoms with E-state index < -0.39 is 36.6 Å². The van der Waals surface area contributed by atoms with Crippen molar-refractivity contribution in [1.82, 2.24) is 10.6 Å². The van der Waals surface area contributed by atoms with Crippen molar-refractivity contribution in [1.29, 1.82) is 0 Å². The summed E-state index contributed by atoms with van der Waals surface area (Å²) in [7, 11) is 0. The van der Waals surface area contributed by atoms with E-state index in [0.29, 0.717) is 12.0 Å². The zero-order valence-corrected chi connectivity index (χ0v) is 14.6. The first-order valence-electron chi connectivity index (χ1n) is 7.90. The highest BCUT2D eigenvalue weighted by molar-refractivity contribution is 5.96. The van der Waals surface area contributed by atoms with Crippen LogP contribution in [-0.2, 0) is 14.3 Å². The summed E-state index contributed by atoms with van der Waals surface area (Å²) in [6.07, 6.45) is -1.82. The largest absolute Gasteiger partial charge is 0.573 e. The molecule has 0 saturated heterocycles. The second-order valence-corrected chi connectivity index (χ2v) is 5.39. The fourth-order valence-corrected chi connectivity index (χ4v) is 1.65. The summed E-state index contributed by atoms with van der Waals surface area (Å²) in [6, 6.07) is 3.97. The maximum atomic E-state index is 12.1. The molecule has 1 atom stereocenters. The van der Waals surface area contributed by atoms with Crippen molar-refractivity contribution in [2.45, 2.75) is 32.7 Å². The molecule has 0 fully saturated rings. The number of rotatable bonds is 7. The lowest BCUT2D eigenvalue weighted by Gasteiger charge is -2.11. The minimum Gasteiger partial charge on any atom is -0.452 e. The third kappa shape index (κ3) is 9.88. The Bertz CT molecular complexity index is 687. The molecule has 27 heavy (non-hydrogen) atoms. The molecule has 0 aliphatic rings. The lowest BCUT2D eigenvalue weighted by molar-refractivity contribution is -0.274. The smallest absolute Gasteiger partial charge is 0.452 e. The van der Waals surface area contributed by atoms with Gasteiger partial charge in [0, 0.05) is 12.1 Å². The molecule has 7 nitrogen and oxygen atoms in total. The lowest BCUT2D eigenvalue weighted by Crippen LogP contribution is -2.44. The van der Waals surface area contributed by atoms with Crippen LogP contribution in [0, 0.1) is 0 Å². The first-order valence-corrected chi connectivity index (χ1v) is 7.90. The topological polar surface area (TPSA) is 93.7 Å². The predicted molar refractivity (Wildman–Crippen MR) is 89.5 cm³/mol. The summed E-state index contributed by atoms with van der Waals surface area (Å²) in [6.45, 7) is 2.96. The molecule has 0 aliphatic heterocycles. The number of carbonyl (C=O) groups is 3. The summed E-state index contributed by atoms with van der Waals surface area (Å²) in [5, 5.41) is 4.51. The Morgan fingerprint density at radius 3 is 2.37 bits per heavy atom. The molecule has 0 bridgehead atoms. The third-order valence-electron chi connectivity index (χ3n) is 3.11. The molecule has 3 amide bonds. The van der Waals surface area contributed by atoms with Crippen LogP contribution >= 0.6 is 0 Å². The summed E-state index contributed by atoms with van der Waals surface area (Å²) in [5.41, 5.74) is 0.416. The first-order chi connectivity index (χ1) is 12.6. The SMILES string of the molecule is CC[C@H](C)NC(=O)NC(=O)COC(=O)/C=C/c1ccc(OC(F)(F)F)cc1. The van der Waals surface area contributed by atoms with Gasteiger partial charge in [0.25, 0.3) is 5.91 Å². The van der Waals surface area contributed by atoms with Crippen molar-refractivity contribution < 1.29 is 37.0 Å². The molecule has 10 heteroatoms. The molecule has 0 heterocycles. The lowest BCUT2D eigenvalue weighted by atomic mass is 10.2. The van der Waals surface area contributed by atoms with E-state index in [1.54, 1.807) is 6.92 Å². The van der Waals surface area contributed by atoms with E-state index in [1.807, 2.05) is 12.2 Å². The fraction of sp³-hybridized carbons (Fsp3) is 0.353. The van der Waals surface area contributed by atoms with Crippen LogP contribution in [0.1, 0.15) is 25.8 Å². The number of imide groups is 1. The fourth-order valence-electron chi connectivity index (χ4n) is 1.65. The Balaban J connectivity index is 2.41. The number of urea groups is 1. The Morgan fingerprint density at radius 1 is 1.19 bits per heavy atom. The van der Waals surface area contributed by atoms with Crippen LogP contribution in [0.15, 0.2) is 30.3 Å². The highest BCUT2D eigenvalue weighted by Crippen LogP contribution is 2.22. The summed E-state index contributed by atoms with van der Waals surface area (Å²) < 4.78 is 44.5. The number of amides is 3. The summed E-state index contributed by atoms with van der Waals surface area (Å²) in [4.78, 5) is 34.4. The van der Waals surface area contributed by atoms with Gasteiger partial charge in [0.2, 0.25) is 0 Å². The molecular formula is C17H19F3N2O5. The Morgan fingerprint density at radius 2 is 1.81 bits per heavy atom. The molecule has 148 valence electrons. The van der Waals surface area contributed by atoms with E-state index in [-0.39, 0.29) is 6.04 Å². The third-order valence-corrected chi connectivity index (χ3v) is 3.11. The molecule has 0 spiro atoms. The van der Waals surface area contributed by atoms with Gasteiger partial charge < -0.3 is 14.8 Å². The number of esters is 1. The number of halogens is 3. The van der Waals surface area contributed by atoms with Gasteiger partial charge in [-0.2, -0.15) is 0 Å². The average Bonchev–Trinajstić information content (AvgIpc) is 2.57. The van der Waals surface area contributed by atoms with Crippen LogP contribution in [0.2, 0.25) is 0 Å². The van der Waals surface area contributed by atoms with Crippen molar-refractivity contribution in [3.63, 3.8) is 0 Å². The zero-order valence-electron chi connectivity index (χ0n) is 14.6. The van der Waals surface area contributed by atoms with Crippen LogP contribution in [0.25, 0.3) is 6.08 Å². The van der Waals surface area contributed by atoms with Gasteiger partial charge >= 0.3 is 18.4 Å². The van der Waals surface area contributed by atoms with Crippen LogP contribution in [0.4, 0.5) is 18.0 Å². The van der Waals surface area contributed by atoms with Crippen molar-refractivity contribution in [3.05, 3.63) is 35.9 Å². The standard InChI is InChI=1S/C17H19F3N2O5/c1-3-11(2)21-16(25)22-14(23)10-26-15(24)9-6-12-4-7-13(8-5-12)27-17(18,19)20/h4-9,11H,3,10H2,1-2H3,(H2,21,22,23,25)/b9-6+/t11-/m0/s1. The number of ether oxygens (including phenoxy) is 2. The number of hydrogen-bond acceptors (Lipinski definition) is 5. The van der Waals surface area contributed by atoms with Gasteiger partial charge in [0.1, 0.15) is 5.75 Å². The quantitative estimate of drug-likeness (QED) is 0.553. The first kappa shape index (κ1) is 22.0. The Labute approximate surface area is 153 Å². The number of alkyl halides is 3. The second-order valence-electron chi connectivity index (χ2n) is 5.39. The van der Waals surface area contributed by atoms with Crippen LogP contribution in [0.3, 0.4) is 0 Å².